The minimum absolute atomic E-state index is 0.168. The molecule has 0 aliphatic heterocycles. The third kappa shape index (κ3) is 6.07. The van der Waals surface area contributed by atoms with Gasteiger partial charge in [0.25, 0.3) is 0 Å². The van der Waals surface area contributed by atoms with Crippen LogP contribution in [-0.2, 0) is 6.61 Å². The van der Waals surface area contributed by atoms with E-state index in [9.17, 15) is 4.79 Å². The van der Waals surface area contributed by atoms with Crippen molar-refractivity contribution in [2.75, 3.05) is 10.6 Å². The van der Waals surface area contributed by atoms with Crippen molar-refractivity contribution in [1.29, 1.82) is 0 Å². The minimum Gasteiger partial charge on any atom is -0.489 e. The quantitative estimate of drug-likeness (QED) is 0.243. The lowest BCUT2D eigenvalue weighted by Gasteiger charge is -2.13. The Morgan fingerprint density at radius 1 is 0.853 bits per heavy atom. The number of nitrogens with two attached hydrogens (primary N) is 2. The number of aliphatic imine (C=N–C) groups is 1. The predicted molar refractivity (Wildman–Crippen MR) is 133 cm³/mol. The Morgan fingerprint density at radius 3 is 2.41 bits per heavy atom. The summed E-state index contributed by atoms with van der Waals surface area (Å²) >= 11 is 0. The molecule has 34 heavy (non-hydrogen) atoms. The molecule has 170 valence electrons. The fourth-order valence-electron chi connectivity index (χ4n) is 3.17. The second-order valence-corrected chi connectivity index (χ2v) is 7.23. The number of primary amides is 1. The smallest absolute Gasteiger partial charge is 0.316 e. The van der Waals surface area contributed by atoms with Gasteiger partial charge in [-0.1, -0.05) is 54.6 Å². The maximum Gasteiger partial charge on any atom is 0.316 e. The molecule has 0 bridgehead atoms. The van der Waals surface area contributed by atoms with Gasteiger partial charge in [-0.25, -0.2) is 4.79 Å². The molecule has 0 spiro atoms. The molecule has 4 aromatic rings. The molecule has 9 nitrogen and oxygen atoms in total. The van der Waals surface area contributed by atoms with Crippen LogP contribution in [0.4, 0.5) is 22.0 Å². The summed E-state index contributed by atoms with van der Waals surface area (Å²) in [6, 6.07) is 27.3. The summed E-state index contributed by atoms with van der Waals surface area (Å²) in [7, 11) is 0. The number of hydrogen-bond acceptors (Lipinski definition) is 5. The van der Waals surface area contributed by atoms with Crippen LogP contribution >= 0.6 is 0 Å². The molecule has 1 heterocycles. The van der Waals surface area contributed by atoms with E-state index in [0.717, 1.165) is 22.5 Å². The van der Waals surface area contributed by atoms with Crippen LogP contribution in [0, 0.1) is 0 Å². The molecule has 0 fully saturated rings. The number of carbonyl (C=O) groups excluding carboxylic acids is 1. The third-order valence-electron chi connectivity index (χ3n) is 4.73. The number of anilines is 2. The summed E-state index contributed by atoms with van der Waals surface area (Å²) in [5.41, 5.74) is 15.1. The second-order valence-electron chi connectivity index (χ2n) is 7.23. The fraction of sp³-hybridized carbons (Fsp3) is 0.0400. The van der Waals surface area contributed by atoms with Gasteiger partial charge in [-0.15, -0.1) is 10.2 Å². The van der Waals surface area contributed by atoms with Gasteiger partial charge in [0.05, 0.1) is 5.69 Å². The van der Waals surface area contributed by atoms with Gasteiger partial charge in [0.15, 0.2) is 11.8 Å². The highest BCUT2D eigenvalue weighted by Gasteiger charge is 2.06. The van der Waals surface area contributed by atoms with E-state index >= 15 is 0 Å². The Labute approximate surface area is 196 Å². The fourth-order valence-corrected chi connectivity index (χ4v) is 3.17. The first-order valence-electron chi connectivity index (χ1n) is 10.4. The molecule has 0 atom stereocenters. The van der Waals surface area contributed by atoms with Crippen molar-refractivity contribution in [2.45, 2.75) is 6.61 Å². The number of nitrogens with zero attached hydrogens (tertiary/aromatic N) is 3. The second kappa shape index (κ2) is 10.6. The van der Waals surface area contributed by atoms with E-state index in [4.69, 9.17) is 16.2 Å². The van der Waals surface area contributed by atoms with Crippen molar-refractivity contribution in [2.24, 2.45) is 16.5 Å². The van der Waals surface area contributed by atoms with Crippen molar-refractivity contribution >= 4 is 29.2 Å². The SMILES string of the molecule is NC(=O)Nc1cccc(OCc2ccccc2NC(N)=Nc2ccc(-c3ccccc3)nn2)c1. The van der Waals surface area contributed by atoms with Crippen LogP contribution in [0.25, 0.3) is 11.3 Å². The number of guanidine groups is 1. The predicted octanol–water partition coefficient (Wildman–Crippen LogP) is 4.27. The first-order chi connectivity index (χ1) is 16.6. The first kappa shape index (κ1) is 22.3. The van der Waals surface area contributed by atoms with E-state index in [1.165, 1.54) is 0 Å². The summed E-state index contributed by atoms with van der Waals surface area (Å²) < 4.78 is 5.87. The molecular weight excluding hydrogens is 430 g/mol. The normalized spacial score (nSPS) is 11.0. The van der Waals surface area contributed by atoms with Crippen LogP contribution in [0.2, 0.25) is 0 Å². The minimum atomic E-state index is -0.638. The molecule has 6 N–H and O–H groups in total. The lowest BCUT2D eigenvalue weighted by molar-refractivity contribution is 0.259. The molecule has 1 aromatic heterocycles. The third-order valence-corrected chi connectivity index (χ3v) is 4.73. The molecular formula is C25H23N7O2. The zero-order valence-electron chi connectivity index (χ0n) is 18.2. The van der Waals surface area contributed by atoms with Crippen LogP contribution in [0.1, 0.15) is 5.56 Å². The summed E-state index contributed by atoms with van der Waals surface area (Å²) in [6.07, 6.45) is 0. The summed E-state index contributed by atoms with van der Waals surface area (Å²) in [5.74, 6) is 1.13. The number of carbonyl (C=O) groups is 1. The van der Waals surface area contributed by atoms with E-state index in [1.807, 2.05) is 60.7 Å². The van der Waals surface area contributed by atoms with Gasteiger partial charge in [-0.2, -0.15) is 4.99 Å². The van der Waals surface area contributed by atoms with Gasteiger partial charge in [0, 0.05) is 28.6 Å². The molecule has 4 rings (SSSR count). The Balaban J connectivity index is 1.42. The maximum atomic E-state index is 11.0. The molecule has 0 aliphatic carbocycles. The van der Waals surface area contributed by atoms with Crippen molar-refractivity contribution in [1.82, 2.24) is 10.2 Å². The van der Waals surface area contributed by atoms with Crippen LogP contribution < -0.4 is 26.8 Å². The topological polar surface area (TPSA) is 141 Å². The maximum absolute atomic E-state index is 11.0. The lowest BCUT2D eigenvalue weighted by Crippen LogP contribution is -2.23. The number of hydrogen-bond donors (Lipinski definition) is 4. The van der Waals surface area contributed by atoms with Crippen LogP contribution in [0.3, 0.4) is 0 Å². The number of ether oxygens (including phenoxy) is 1. The number of urea groups is 1. The van der Waals surface area contributed by atoms with E-state index in [-0.39, 0.29) is 12.6 Å². The lowest BCUT2D eigenvalue weighted by atomic mass is 10.1. The summed E-state index contributed by atoms with van der Waals surface area (Å²) in [4.78, 5) is 15.4. The Bertz CT molecular complexity index is 1290. The van der Waals surface area contributed by atoms with Crippen LogP contribution in [-0.4, -0.2) is 22.2 Å². The molecule has 0 unspecified atom stereocenters. The Hall–Kier alpha value is -4.92. The number of aromatic nitrogens is 2. The number of benzene rings is 3. The van der Waals surface area contributed by atoms with Gasteiger partial charge >= 0.3 is 6.03 Å². The van der Waals surface area contributed by atoms with Gasteiger partial charge < -0.3 is 26.8 Å². The van der Waals surface area contributed by atoms with Crippen molar-refractivity contribution in [3.05, 3.63) is 96.6 Å². The van der Waals surface area contributed by atoms with E-state index in [0.29, 0.717) is 17.3 Å². The zero-order chi connectivity index (χ0) is 23.8. The summed E-state index contributed by atoms with van der Waals surface area (Å²) in [5, 5.41) is 14.0. The van der Waals surface area contributed by atoms with Gasteiger partial charge in [-0.3, -0.25) is 0 Å². The van der Waals surface area contributed by atoms with Gasteiger partial charge in [0.1, 0.15) is 12.4 Å². The van der Waals surface area contributed by atoms with Gasteiger partial charge in [0.2, 0.25) is 0 Å². The largest absolute Gasteiger partial charge is 0.489 e. The standard InChI is InChI=1S/C25H23N7O2/c26-24(30-23-14-13-22(31-32-23)17-7-2-1-3-8-17)29-21-12-5-4-9-18(21)16-34-20-11-6-10-19(15-20)28-25(27)33/h1-15H,16H2,(H3,27,28,33)(H3,26,29,30,32). The number of nitrogens with one attached hydrogen (secondary N) is 2. The van der Waals surface area contributed by atoms with Crippen molar-refractivity contribution in [3.63, 3.8) is 0 Å². The Kier molecular flexibility index (Phi) is 6.94. The molecule has 9 heteroatoms. The molecule has 0 saturated carbocycles. The highest BCUT2D eigenvalue weighted by atomic mass is 16.5. The van der Waals surface area contributed by atoms with E-state index < -0.39 is 6.03 Å². The molecule has 0 radical (unpaired) electrons. The van der Waals surface area contributed by atoms with E-state index in [1.54, 1.807) is 30.3 Å². The number of para-hydroxylation sites is 1. The van der Waals surface area contributed by atoms with Crippen LogP contribution in [0.5, 0.6) is 5.75 Å². The summed E-state index contributed by atoms with van der Waals surface area (Å²) in [6.45, 7) is 0.266. The number of amides is 2. The van der Waals surface area contributed by atoms with Crippen molar-refractivity contribution in [3.8, 4) is 17.0 Å². The molecule has 0 aliphatic rings. The average Bonchev–Trinajstić information content (AvgIpc) is 2.84. The van der Waals surface area contributed by atoms with E-state index in [2.05, 4.69) is 25.8 Å². The average molecular weight is 454 g/mol. The molecule has 0 saturated heterocycles. The first-order valence-corrected chi connectivity index (χ1v) is 10.4. The zero-order valence-corrected chi connectivity index (χ0v) is 18.2. The molecule has 2 amide bonds. The highest BCUT2D eigenvalue weighted by Crippen LogP contribution is 2.22. The monoisotopic (exact) mass is 453 g/mol. The highest BCUT2D eigenvalue weighted by molar-refractivity contribution is 5.94. The Morgan fingerprint density at radius 2 is 1.65 bits per heavy atom. The van der Waals surface area contributed by atoms with Gasteiger partial charge in [-0.05, 0) is 30.3 Å². The van der Waals surface area contributed by atoms with Crippen LogP contribution in [0.15, 0.2) is 96.0 Å². The van der Waals surface area contributed by atoms with Crippen molar-refractivity contribution < 1.29 is 9.53 Å². The number of rotatable bonds is 7. The molecule has 3 aromatic carbocycles.